The molecule has 1 aromatic carbocycles. The first-order chi connectivity index (χ1) is 11.4. The topological polar surface area (TPSA) is 61.4 Å². The number of carbonyl (C=O) groups excluding carboxylic acids is 1. The SMILES string of the molecule is C[C@@H]1CCc2c(sc3c2C(=O)N[C@H](c2cc(Br)cc(Cl)c2O)N3)C1. The van der Waals surface area contributed by atoms with E-state index in [1.165, 1.54) is 10.4 Å². The molecule has 4 nitrogen and oxygen atoms in total. The smallest absolute Gasteiger partial charge is 0.256 e. The molecule has 7 heteroatoms. The fraction of sp³-hybridized carbons (Fsp3) is 0.353. The van der Waals surface area contributed by atoms with Crippen LogP contribution in [0.25, 0.3) is 0 Å². The summed E-state index contributed by atoms with van der Waals surface area (Å²) in [7, 11) is 0. The van der Waals surface area contributed by atoms with Crippen LogP contribution >= 0.6 is 38.9 Å². The molecule has 2 heterocycles. The van der Waals surface area contributed by atoms with Crippen molar-refractivity contribution in [3.63, 3.8) is 0 Å². The van der Waals surface area contributed by atoms with Crippen LogP contribution in [0.4, 0.5) is 5.00 Å². The third-order valence-corrected chi connectivity index (χ3v) is 6.59. The van der Waals surface area contributed by atoms with Crippen LogP contribution < -0.4 is 10.6 Å². The van der Waals surface area contributed by atoms with Gasteiger partial charge in [0.15, 0.2) is 0 Å². The molecule has 0 saturated heterocycles. The van der Waals surface area contributed by atoms with Crippen molar-refractivity contribution < 1.29 is 9.90 Å². The van der Waals surface area contributed by atoms with Crippen molar-refractivity contribution in [3.05, 3.63) is 43.2 Å². The number of carbonyl (C=O) groups is 1. The fourth-order valence-electron chi connectivity index (χ4n) is 3.42. The highest BCUT2D eigenvalue weighted by Crippen LogP contribution is 2.44. The van der Waals surface area contributed by atoms with Gasteiger partial charge in [0.1, 0.15) is 16.9 Å². The molecular weight excluding hydrogens is 412 g/mol. The minimum absolute atomic E-state index is 0.0175. The molecule has 1 aromatic heterocycles. The van der Waals surface area contributed by atoms with Crippen molar-refractivity contribution in [1.29, 1.82) is 0 Å². The summed E-state index contributed by atoms with van der Waals surface area (Å²) < 4.78 is 0.751. The Kier molecular flexibility index (Phi) is 4.01. The molecule has 0 bridgehead atoms. The number of hydrogen-bond acceptors (Lipinski definition) is 4. The Hall–Kier alpha value is -1.24. The van der Waals surface area contributed by atoms with E-state index in [-0.39, 0.29) is 16.7 Å². The number of rotatable bonds is 1. The number of aromatic hydroxyl groups is 1. The van der Waals surface area contributed by atoms with Crippen molar-refractivity contribution in [2.45, 2.75) is 32.4 Å². The van der Waals surface area contributed by atoms with E-state index in [2.05, 4.69) is 33.5 Å². The predicted octanol–water partition coefficient (Wildman–Crippen LogP) is 4.85. The highest BCUT2D eigenvalue weighted by Gasteiger charge is 2.34. The largest absolute Gasteiger partial charge is 0.506 e. The highest BCUT2D eigenvalue weighted by molar-refractivity contribution is 9.10. The molecule has 1 aliphatic heterocycles. The van der Waals surface area contributed by atoms with Gasteiger partial charge in [0, 0.05) is 14.9 Å². The minimum atomic E-state index is -0.502. The van der Waals surface area contributed by atoms with E-state index < -0.39 is 6.17 Å². The van der Waals surface area contributed by atoms with E-state index >= 15 is 0 Å². The first kappa shape index (κ1) is 16.2. The molecule has 4 rings (SSSR count). The number of hydrogen-bond donors (Lipinski definition) is 3. The Morgan fingerprint density at radius 1 is 1.38 bits per heavy atom. The van der Waals surface area contributed by atoms with Crippen molar-refractivity contribution in [2.75, 3.05) is 5.32 Å². The number of anilines is 1. The summed E-state index contributed by atoms with van der Waals surface area (Å²) in [6, 6.07) is 3.39. The van der Waals surface area contributed by atoms with Gasteiger partial charge in [0.2, 0.25) is 0 Å². The zero-order valence-electron chi connectivity index (χ0n) is 13.0. The third-order valence-electron chi connectivity index (χ3n) is 4.66. The highest BCUT2D eigenvalue weighted by atomic mass is 79.9. The minimum Gasteiger partial charge on any atom is -0.506 e. The summed E-state index contributed by atoms with van der Waals surface area (Å²) in [5, 5.41) is 17.7. The van der Waals surface area contributed by atoms with Crippen LogP contribution in [-0.4, -0.2) is 11.0 Å². The molecular formula is C17H16BrClN2O2S. The number of phenols is 1. The summed E-state index contributed by atoms with van der Waals surface area (Å²) in [5.74, 6) is 0.553. The number of phenolic OH excluding ortho intramolecular Hbond substituents is 1. The monoisotopic (exact) mass is 426 g/mol. The zero-order chi connectivity index (χ0) is 17.0. The molecule has 0 radical (unpaired) electrons. The molecule has 1 aliphatic carbocycles. The normalized spacial score (nSPS) is 22.4. The lowest BCUT2D eigenvalue weighted by atomic mass is 9.88. The number of benzene rings is 1. The second-order valence-electron chi connectivity index (χ2n) is 6.43. The van der Waals surface area contributed by atoms with Crippen LogP contribution in [0.15, 0.2) is 16.6 Å². The van der Waals surface area contributed by atoms with Gasteiger partial charge in [-0.1, -0.05) is 34.5 Å². The molecule has 2 aliphatic rings. The molecule has 126 valence electrons. The maximum Gasteiger partial charge on any atom is 0.256 e. The van der Waals surface area contributed by atoms with Crippen LogP contribution in [0.5, 0.6) is 5.75 Å². The second-order valence-corrected chi connectivity index (χ2v) is 8.86. The van der Waals surface area contributed by atoms with Gasteiger partial charge in [-0.25, -0.2) is 0 Å². The molecule has 0 unspecified atom stereocenters. The lowest BCUT2D eigenvalue weighted by Crippen LogP contribution is -2.38. The number of amides is 1. The maximum atomic E-state index is 12.7. The molecule has 3 N–H and O–H groups in total. The van der Waals surface area contributed by atoms with Crippen LogP contribution in [-0.2, 0) is 12.8 Å². The van der Waals surface area contributed by atoms with Crippen molar-refractivity contribution in [1.82, 2.24) is 5.32 Å². The molecule has 2 atom stereocenters. The summed E-state index contributed by atoms with van der Waals surface area (Å²) >= 11 is 11.1. The summed E-state index contributed by atoms with van der Waals surface area (Å²) in [5.41, 5.74) is 2.51. The molecule has 24 heavy (non-hydrogen) atoms. The van der Waals surface area contributed by atoms with Gasteiger partial charge < -0.3 is 15.7 Å². The van der Waals surface area contributed by atoms with Crippen LogP contribution in [0.1, 0.15) is 45.9 Å². The first-order valence-corrected chi connectivity index (χ1v) is 9.82. The zero-order valence-corrected chi connectivity index (χ0v) is 16.1. The van der Waals surface area contributed by atoms with Crippen molar-refractivity contribution >= 4 is 49.8 Å². The summed E-state index contributed by atoms with van der Waals surface area (Å²) in [4.78, 5) is 14.0. The van der Waals surface area contributed by atoms with E-state index in [0.717, 1.165) is 34.3 Å². The number of nitrogens with one attached hydrogen (secondary N) is 2. The number of fused-ring (bicyclic) bond motifs is 3. The van der Waals surface area contributed by atoms with Gasteiger partial charge in [-0.05, 0) is 42.9 Å². The molecule has 0 fully saturated rings. The average molecular weight is 428 g/mol. The maximum absolute atomic E-state index is 12.7. The standard InChI is InChI=1S/C17H16BrClN2O2S/c1-7-2-3-9-12(4-7)24-17-13(9)16(23)20-15(21-17)10-5-8(18)6-11(19)14(10)22/h5-7,15,21-22H,2-4H2,1H3,(H,20,23)/t7-,15+/m1/s1. The lowest BCUT2D eigenvalue weighted by Gasteiger charge is -2.27. The second kappa shape index (κ2) is 5.93. The quantitative estimate of drug-likeness (QED) is 0.610. The Morgan fingerprint density at radius 2 is 2.17 bits per heavy atom. The molecule has 0 spiro atoms. The average Bonchev–Trinajstić information content (AvgIpc) is 2.88. The molecule has 1 amide bonds. The Morgan fingerprint density at radius 3 is 2.96 bits per heavy atom. The van der Waals surface area contributed by atoms with Gasteiger partial charge in [-0.15, -0.1) is 11.3 Å². The van der Waals surface area contributed by atoms with E-state index in [1.807, 2.05) is 0 Å². The molecule has 0 saturated carbocycles. The fourth-order valence-corrected chi connectivity index (χ4v) is 5.69. The third kappa shape index (κ3) is 2.61. The van der Waals surface area contributed by atoms with Gasteiger partial charge in [-0.2, -0.15) is 0 Å². The van der Waals surface area contributed by atoms with E-state index in [0.29, 0.717) is 11.5 Å². The number of halogens is 2. The summed E-state index contributed by atoms with van der Waals surface area (Å²) in [6.07, 6.45) is 2.60. The Labute approximate surface area is 157 Å². The van der Waals surface area contributed by atoms with Gasteiger partial charge in [0.25, 0.3) is 5.91 Å². The van der Waals surface area contributed by atoms with Crippen LogP contribution in [0.2, 0.25) is 5.02 Å². The van der Waals surface area contributed by atoms with Crippen LogP contribution in [0, 0.1) is 5.92 Å². The van der Waals surface area contributed by atoms with Gasteiger partial charge in [0.05, 0.1) is 10.6 Å². The predicted molar refractivity (Wildman–Crippen MR) is 100 cm³/mol. The lowest BCUT2D eigenvalue weighted by molar-refractivity contribution is 0.0935. The van der Waals surface area contributed by atoms with Gasteiger partial charge in [-0.3, -0.25) is 4.79 Å². The van der Waals surface area contributed by atoms with Crippen LogP contribution in [0.3, 0.4) is 0 Å². The summed E-state index contributed by atoms with van der Waals surface area (Å²) in [6.45, 7) is 2.25. The van der Waals surface area contributed by atoms with E-state index in [1.54, 1.807) is 23.5 Å². The van der Waals surface area contributed by atoms with Gasteiger partial charge >= 0.3 is 0 Å². The van der Waals surface area contributed by atoms with Crippen molar-refractivity contribution in [3.8, 4) is 5.75 Å². The Bertz CT molecular complexity index is 852. The number of thiophene rings is 1. The van der Waals surface area contributed by atoms with E-state index in [4.69, 9.17) is 11.6 Å². The van der Waals surface area contributed by atoms with E-state index in [9.17, 15) is 9.90 Å². The molecule has 2 aromatic rings. The van der Waals surface area contributed by atoms with Crippen molar-refractivity contribution in [2.24, 2.45) is 5.92 Å². The first-order valence-electron chi connectivity index (χ1n) is 7.84. The Balaban J connectivity index is 1.74.